The van der Waals surface area contributed by atoms with Gasteiger partial charge in [-0.05, 0) is 0 Å². The summed E-state index contributed by atoms with van der Waals surface area (Å²) in [5, 5.41) is 0. The van der Waals surface area contributed by atoms with Gasteiger partial charge in [-0.15, -0.1) is 0 Å². The average Bonchev–Trinajstić information content (AvgIpc) is 0. The van der Waals surface area contributed by atoms with E-state index in [1.54, 1.807) is 0 Å². The third-order valence-corrected chi connectivity index (χ3v) is 0. The predicted molar refractivity (Wildman–Crippen MR) is 12.8 cm³/mol. The number of rotatable bonds is 0. The molecule has 0 aliphatic carbocycles. The molecule has 0 atom stereocenters. The van der Waals surface area contributed by atoms with Crippen molar-refractivity contribution in [1.29, 1.82) is 0 Å². The van der Waals surface area contributed by atoms with E-state index in [9.17, 15) is 0 Å². The molecule has 0 amide bonds. The summed E-state index contributed by atoms with van der Waals surface area (Å²) in [4.78, 5) is 0. The average molecular weight is 101 g/mol. The van der Waals surface area contributed by atoms with Crippen LogP contribution in [0.4, 0.5) is 0 Å². The van der Waals surface area contributed by atoms with Crippen LogP contribution in [0, 0.1) is 14.9 Å². The van der Waals surface area contributed by atoms with E-state index in [0.29, 0.717) is 0 Å². The second-order valence-corrected chi connectivity index (χ2v) is 0. The molecule has 0 fully saturated rings. The molecule has 26 valence electrons. The Morgan fingerprint density at radius 1 is 0.750 bits per heavy atom. The monoisotopic (exact) mass is 100.0 g/mol. The van der Waals surface area contributed by atoms with E-state index in [0.717, 1.165) is 0 Å². The fourth-order valence-corrected chi connectivity index (χ4v) is 0. The molecule has 2 heteroatoms. The summed E-state index contributed by atoms with van der Waals surface area (Å²) in [6.45, 7) is 0. The van der Waals surface area contributed by atoms with E-state index in [2.05, 4.69) is 0 Å². The van der Waals surface area contributed by atoms with Gasteiger partial charge in [0.25, 0.3) is 0 Å². The van der Waals surface area contributed by atoms with Crippen molar-refractivity contribution in [3.63, 3.8) is 0 Å². The van der Waals surface area contributed by atoms with Gasteiger partial charge >= 0.3 is 35.9 Å². The first-order valence-corrected chi connectivity index (χ1v) is 0. The predicted octanol–water partition coefficient (Wildman–Crippen LogP) is -2.10. The van der Waals surface area contributed by atoms with Crippen LogP contribution in [0.15, 0.2) is 0 Å². The van der Waals surface area contributed by atoms with Crippen LogP contribution in [0.25, 0.3) is 0 Å². The molecule has 0 aromatic carbocycles. The van der Waals surface area contributed by atoms with Crippen LogP contribution < -0.4 is 18.9 Å². The van der Waals surface area contributed by atoms with Gasteiger partial charge in [0.1, 0.15) is 0 Å². The summed E-state index contributed by atoms with van der Waals surface area (Å²) >= 11 is 0. The van der Waals surface area contributed by atoms with Gasteiger partial charge in [0.15, 0.2) is 0 Å². The van der Waals surface area contributed by atoms with Crippen LogP contribution in [0.5, 0.6) is 0 Å². The first-order valence-electron chi connectivity index (χ1n) is 0. The standard InChI is InChI=1S/2CH3.Cu.Li/h2*1H3;;/q2*-1;2*+1. The molecule has 0 aliphatic rings. The van der Waals surface area contributed by atoms with Crippen LogP contribution in [0.3, 0.4) is 0 Å². The minimum Gasteiger partial charge on any atom is -0.358 e. The zero-order valence-corrected chi connectivity index (χ0v) is 4.24. The van der Waals surface area contributed by atoms with Crippen LogP contribution in [-0.4, -0.2) is 0 Å². The van der Waals surface area contributed by atoms with E-state index in [4.69, 9.17) is 0 Å². The molecule has 0 heterocycles. The quantitative estimate of drug-likeness (QED) is 0.242. The molecule has 0 nitrogen and oxygen atoms in total. The van der Waals surface area contributed by atoms with Crippen LogP contribution >= 0.6 is 0 Å². The van der Waals surface area contributed by atoms with E-state index < -0.39 is 0 Å². The Morgan fingerprint density at radius 2 is 0.750 bits per heavy atom. The van der Waals surface area contributed by atoms with Gasteiger partial charge in [0.05, 0.1) is 0 Å². The van der Waals surface area contributed by atoms with Crippen molar-refractivity contribution in [1.82, 2.24) is 0 Å². The SMILES string of the molecule is [CH3-].[CH3-].[Cu+].[Li+]. The van der Waals surface area contributed by atoms with E-state index in [1.807, 2.05) is 0 Å². The van der Waals surface area contributed by atoms with Crippen LogP contribution in [-0.2, 0) is 17.1 Å². The smallest absolute Gasteiger partial charge is 0.358 e. The van der Waals surface area contributed by atoms with Gasteiger partial charge in [0, 0.05) is 0 Å². The first kappa shape index (κ1) is 69.5. The molecule has 0 spiro atoms. The van der Waals surface area contributed by atoms with Crippen molar-refractivity contribution in [2.45, 2.75) is 0 Å². The number of hydrogen-bond acceptors (Lipinski definition) is 0. The molecule has 0 unspecified atom stereocenters. The molecular weight excluding hydrogens is 94.5 g/mol. The molecule has 4 heavy (non-hydrogen) atoms. The van der Waals surface area contributed by atoms with Gasteiger partial charge < -0.3 is 14.9 Å². The topological polar surface area (TPSA) is 0 Å². The molecule has 0 N–H and O–H groups in total. The Hall–Kier alpha value is 1.12. The second-order valence-electron chi connectivity index (χ2n) is 0. The van der Waals surface area contributed by atoms with Crippen molar-refractivity contribution in [3.8, 4) is 0 Å². The van der Waals surface area contributed by atoms with Crippen molar-refractivity contribution >= 4 is 0 Å². The minimum atomic E-state index is 0. The normalized spacial score (nSPS) is 0. The van der Waals surface area contributed by atoms with Crippen molar-refractivity contribution in [2.75, 3.05) is 0 Å². The second kappa shape index (κ2) is 32.1. The molecule has 0 aromatic heterocycles. The summed E-state index contributed by atoms with van der Waals surface area (Å²) in [6, 6.07) is 0. The molecule has 0 aliphatic heterocycles. The summed E-state index contributed by atoms with van der Waals surface area (Å²) in [5.74, 6) is 0. The summed E-state index contributed by atoms with van der Waals surface area (Å²) in [7, 11) is 0. The maximum Gasteiger partial charge on any atom is 1.00 e. The minimum absolute atomic E-state index is 0. The van der Waals surface area contributed by atoms with Gasteiger partial charge in [0.2, 0.25) is 0 Å². The Bertz CT molecular complexity index is 6.00. The van der Waals surface area contributed by atoms with Crippen molar-refractivity contribution in [3.05, 3.63) is 14.9 Å². The van der Waals surface area contributed by atoms with Gasteiger partial charge in [-0.1, -0.05) is 0 Å². The van der Waals surface area contributed by atoms with E-state index in [1.165, 1.54) is 0 Å². The molecular formula is C2H6CuLi. The fourth-order valence-electron chi connectivity index (χ4n) is 0. The third kappa shape index (κ3) is 11.2. The maximum atomic E-state index is 0. The van der Waals surface area contributed by atoms with Gasteiger partial charge in [-0.2, -0.15) is 0 Å². The van der Waals surface area contributed by atoms with Crippen molar-refractivity contribution in [2.24, 2.45) is 0 Å². The third-order valence-electron chi connectivity index (χ3n) is 0. The Balaban J connectivity index is 0. The summed E-state index contributed by atoms with van der Waals surface area (Å²) in [5.41, 5.74) is 0. The number of hydrogen-bond donors (Lipinski definition) is 0. The van der Waals surface area contributed by atoms with Crippen LogP contribution in [0.2, 0.25) is 0 Å². The zero-order chi connectivity index (χ0) is 0. The molecule has 0 radical (unpaired) electrons. The Morgan fingerprint density at radius 3 is 0.750 bits per heavy atom. The van der Waals surface area contributed by atoms with E-state index in [-0.39, 0.29) is 50.8 Å². The largest absolute Gasteiger partial charge is 1.00 e. The molecule has 0 aromatic rings. The van der Waals surface area contributed by atoms with Crippen molar-refractivity contribution < 1.29 is 35.9 Å². The molecule has 0 saturated carbocycles. The van der Waals surface area contributed by atoms with Gasteiger partial charge in [-0.3, -0.25) is 0 Å². The van der Waals surface area contributed by atoms with Crippen LogP contribution in [0.1, 0.15) is 0 Å². The maximum absolute atomic E-state index is 0. The molecule has 0 saturated heterocycles. The zero-order valence-electron chi connectivity index (χ0n) is 3.30. The Labute approximate surface area is 51.0 Å². The molecule has 0 rings (SSSR count). The van der Waals surface area contributed by atoms with Gasteiger partial charge in [-0.25, -0.2) is 0 Å². The fraction of sp³-hybridized carbons (Fsp3) is 0. The summed E-state index contributed by atoms with van der Waals surface area (Å²) in [6.07, 6.45) is 0. The first-order chi connectivity index (χ1) is 0. The summed E-state index contributed by atoms with van der Waals surface area (Å²) < 4.78 is 0. The molecule has 0 bridgehead atoms. The Kier molecular flexibility index (Phi) is 557. The van der Waals surface area contributed by atoms with E-state index >= 15 is 0 Å².